The van der Waals surface area contributed by atoms with E-state index in [1.54, 1.807) is 23.9 Å². The van der Waals surface area contributed by atoms with Crippen molar-refractivity contribution in [3.05, 3.63) is 40.4 Å². The maximum absolute atomic E-state index is 12.0. The SMILES string of the molecule is O=C(C=Cc1cncs1)c1cn2c(n1)CCCC2. The molecular formula is C13H13N3OS. The topological polar surface area (TPSA) is 47.8 Å². The van der Waals surface area contributed by atoms with Gasteiger partial charge in [-0.25, -0.2) is 4.98 Å². The summed E-state index contributed by atoms with van der Waals surface area (Å²) in [4.78, 5) is 21.3. The number of ketones is 1. The lowest BCUT2D eigenvalue weighted by atomic mass is 10.2. The van der Waals surface area contributed by atoms with Gasteiger partial charge in [0.25, 0.3) is 0 Å². The molecule has 0 bridgehead atoms. The Morgan fingerprint density at radius 3 is 3.17 bits per heavy atom. The summed E-state index contributed by atoms with van der Waals surface area (Å²) in [5.41, 5.74) is 2.30. The second-order valence-electron chi connectivity index (χ2n) is 4.29. The van der Waals surface area contributed by atoms with E-state index >= 15 is 0 Å². The molecule has 0 amide bonds. The number of hydrogen-bond acceptors (Lipinski definition) is 4. The summed E-state index contributed by atoms with van der Waals surface area (Å²) in [6, 6.07) is 0. The summed E-state index contributed by atoms with van der Waals surface area (Å²) in [5, 5.41) is 0. The van der Waals surface area contributed by atoms with Crippen molar-refractivity contribution < 1.29 is 4.79 Å². The number of rotatable bonds is 3. The summed E-state index contributed by atoms with van der Waals surface area (Å²) in [6.07, 6.45) is 10.3. The van der Waals surface area contributed by atoms with Gasteiger partial charge in [-0.15, -0.1) is 11.3 Å². The van der Waals surface area contributed by atoms with Gasteiger partial charge in [0.05, 0.1) is 5.51 Å². The van der Waals surface area contributed by atoms with Crippen LogP contribution in [0.15, 0.2) is 24.0 Å². The zero-order valence-corrected chi connectivity index (χ0v) is 10.7. The number of hydrogen-bond donors (Lipinski definition) is 0. The minimum atomic E-state index is -0.0368. The quantitative estimate of drug-likeness (QED) is 0.628. The highest BCUT2D eigenvalue weighted by Gasteiger charge is 2.14. The number of aromatic nitrogens is 3. The van der Waals surface area contributed by atoms with Crippen molar-refractivity contribution in [3.63, 3.8) is 0 Å². The molecule has 3 heterocycles. The van der Waals surface area contributed by atoms with E-state index in [-0.39, 0.29) is 5.78 Å². The Morgan fingerprint density at radius 2 is 2.39 bits per heavy atom. The average Bonchev–Trinajstić information content (AvgIpc) is 3.04. The number of carbonyl (C=O) groups is 1. The summed E-state index contributed by atoms with van der Waals surface area (Å²) in [7, 11) is 0. The Morgan fingerprint density at radius 1 is 1.44 bits per heavy atom. The van der Waals surface area contributed by atoms with Crippen molar-refractivity contribution in [2.24, 2.45) is 0 Å². The minimum absolute atomic E-state index is 0.0368. The Balaban J connectivity index is 1.78. The number of aryl methyl sites for hydroxylation is 2. The molecule has 0 fully saturated rings. The predicted octanol–water partition coefficient (Wildman–Crippen LogP) is 2.57. The Labute approximate surface area is 109 Å². The third-order valence-electron chi connectivity index (χ3n) is 3.01. The van der Waals surface area contributed by atoms with Crippen molar-refractivity contribution in [2.75, 3.05) is 0 Å². The van der Waals surface area contributed by atoms with Crippen LogP contribution in [-0.2, 0) is 13.0 Å². The first-order chi connectivity index (χ1) is 8.83. The molecule has 3 rings (SSSR count). The Hall–Kier alpha value is -1.75. The molecule has 0 spiro atoms. The molecule has 18 heavy (non-hydrogen) atoms. The molecule has 0 aromatic carbocycles. The number of allylic oxidation sites excluding steroid dienone is 1. The van der Waals surface area contributed by atoms with Crippen LogP contribution in [0.3, 0.4) is 0 Å². The fourth-order valence-electron chi connectivity index (χ4n) is 2.08. The van der Waals surface area contributed by atoms with E-state index in [0.29, 0.717) is 5.69 Å². The van der Waals surface area contributed by atoms with Gasteiger partial charge in [-0.3, -0.25) is 9.78 Å². The standard InChI is InChI=1S/C13H13N3OS/c17-12(5-4-10-7-14-9-18-10)11-8-16-6-2-1-3-13(16)15-11/h4-5,7-9H,1-3,6H2. The van der Waals surface area contributed by atoms with Gasteiger partial charge in [0.2, 0.25) is 5.78 Å². The molecule has 4 nitrogen and oxygen atoms in total. The lowest BCUT2D eigenvalue weighted by Crippen LogP contribution is -2.08. The molecule has 2 aromatic rings. The van der Waals surface area contributed by atoms with Crippen LogP contribution in [0.1, 0.15) is 34.0 Å². The van der Waals surface area contributed by atoms with Crippen LogP contribution in [0.5, 0.6) is 0 Å². The third kappa shape index (κ3) is 2.26. The molecule has 1 aliphatic heterocycles. The lowest BCUT2D eigenvalue weighted by molar-refractivity contribution is 0.104. The Kier molecular flexibility index (Phi) is 3.06. The van der Waals surface area contributed by atoms with E-state index in [4.69, 9.17) is 0 Å². The first-order valence-corrected chi connectivity index (χ1v) is 6.88. The van der Waals surface area contributed by atoms with Crippen LogP contribution in [0.4, 0.5) is 0 Å². The molecule has 0 atom stereocenters. The maximum atomic E-state index is 12.0. The number of nitrogens with zero attached hydrogens (tertiary/aromatic N) is 3. The smallest absolute Gasteiger partial charge is 0.205 e. The van der Waals surface area contributed by atoms with E-state index in [1.165, 1.54) is 24.2 Å². The van der Waals surface area contributed by atoms with Crippen molar-refractivity contribution in [3.8, 4) is 0 Å². The Bertz CT molecular complexity index is 560. The second kappa shape index (κ2) is 4.86. The summed E-state index contributed by atoms with van der Waals surface area (Å²) in [6.45, 7) is 0.980. The number of carbonyl (C=O) groups excluding carboxylic acids is 1. The molecule has 0 saturated heterocycles. The zero-order chi connectivity index (χ0) is 12.4. The molecule has 5 heteroatoms. The van der Waals surface area contributed by atoms with Crippen LogP contribution >= 0.6 is 11.3 Å². The van der Waals surface area contributed by atoms with Gasteiger partial charge in [0.1, 0.15) is 11.5 Å². The third-order valence-corrected chi connectivity index (χ3v) is 3.75. The first kappa shape index (κ1) is 11.3. The van der Waals surface area contributed by atoms with Crippen LogP contribution in [-0.4, -0.2) is 20.3 Å². The predicted molar refractivity (Wildman–Crippen MR) is 70.6 cm³/mol. The fraction of sp³-hybridized carbons (Fsp3) is 0.308. The highest BCUT2D eigenvalue weighted by atomic mass is 32.1. The molecule has 0 aliphatic carbocycles. The lowest BCUT2D eigenvalue weighted by Gasteiger charge is -2.11. The molecule has 92 valence electrons. The maximum Gasteiger partial charge on any atom is 0.205 e. The van der Waals surface area contributed by atoms with E-state index in [1.807, 2.05) is 6.20 Å². The summed E-state index contributed by atoms with van der Waals surface area (Å²) >= 11 is 1.51. The fourth-order valence-corrected chi connectivity index (χ4v) is 2.59. The van der Waals surface area contributed by atoms with E-state index in [9.17, 15) is 4.79 Å². The molecule has 0 unspecified atom stereocenters. The van der Waals surface area contributed by atoms with E-state index in [2.05, 4.69) is 14.5 Å². The second-order valence-corrected chi connectivity index (χ2v) is 5.21. The van der Waals surface area contributed by atoms with E-state index in [0.717, 1.165) is 23.7 Å². The van der Waals surface area contributed by atoms with Crippen LogP contribution in [0.2, 0.25) is 0 Å². The minimum Gasteiger partial charge on any atom is -0.334 e. The van der Waals surface area contributed by atoms with Gasteiger partial charge in [0, 0.05) is 30.2 Å². The van der Waals surface area contributed by atoms with Gasteiger partial charge in [0.15, 0.2) is 0 Å². The molecule has 0 radical (unpaired) electrons. The van der Waals surface area contributed by atoms with Crippen LogP contribution in [0, 0.1) is 0 Å². The van der Waals surface area contributed by atoms with Gasteiger partial charge in [-0.2, -0.15) is 0 Å². The zero-order valence-electron chi connectivity index (χ0n) is 9.87. The van der Waals surface area contributed by atoms with Crippen molar-refractivity contribution in [2.45, 2.75) is 25.8 Å². The monoisotopic (exact) mass is 259 g/mol. The van der Waals surface area contributed by atoms with Gasteiger partial charge < -0.3 is 4.57 Å². The van der Waals surface area contributed by atoms with E-state index < -0.39 is 0 Å². The highest BCUT2D eigenvalue weighted by molar-refractivity contribution is 7.10. The largest absolute Gasteiger partial charge is 0.334 e. The first-order valence-electron chi connectivity index (χ1n) is 6.00. The summed E-state index contributed by atoms with van der Waals surface area (Å²) < 4.78 is 2.09. The van der Waals surface area contributed by atoms with Gasteiger partial charge >= 0.3 is 0 Å². The molecule has 0 N–H and O–H groups in total. The number of imidazole rings is 1. The molecule has 1 aliphatic rings. The van der Waals surface area contributed by atoms with Crippen molar-refractivity contribution in [1.29, 1.82) is 0 Å². The average molecular weight is 259 g/mol. The normalized spacial score (nSPS) is 14.9. The number of thiazole rings is 1. The van der Waals surface area contributed by atoms with Crippen LogP contribution in [0.25, 0.3) is 6.08 Å². The van der Waals surface area contributed by atoms with Gasteiger partial charge in [-0.1, -0.05) is 0 Å². The molecular weight excluding hydrogens is 246 g/mol. The van der Waals surface area contributed by atoms with Gasteiger partial charge in [-0.05, 0) is 25.0 Å². The summed E-state index contributed by atoms with van der Waals surface area (Å²) in [5.74, 6) is 1.00. The molecule has 2 aromatic heterocycles. The van der Waals surface area contributed by atoms with Crippen molar-refractivity contribution >= 4 is 23.2 Å². The number of fused-ring (bicyclic) bond motifs is 1. The van der Waals surface area contributed by atoms with Crippen molar-refractivity contribution in [1.82, 2.24) is 14.5 Å². The van der Waals surface area contributed by atoms with Crippen LogP contribution < -0.4 is 0 Å². The molecule has 0 saturated carbocycles. The highest BCUT2D eigenvalue weighted by Crippen LogP contribution is 2.15.